The van der Waals surface area contributed by atoms with Gasteiger partial charge < -0.3 is 15.2 Å². The van der Waals surface area contributed by atoms with Crippen LogP contribution in [0.1, 0.15) is 39.6 Å². The highest BCUT2D eigenvalue weighted by Crippen LogP contribution is 2.35. The Morgan fingerprint density at radius 3 is 2.42 bits per heavy atom. The number of benzene rings is 3. The summed E-state index contributed by atoms with van der Waals surface area (Å²) < 4.78 is 27.4. The van der Waals surface area contributed by atoms with Crippen molar-refractivity contribution in [2.45, 2.75) is 26.1 Å². The first-order valence-corrected chi connectivity index (χ1v) is 12.2. The maximum atomic E-state index is 15.5. The van der Waals surface area contributed by atoms with Crippen LogP contribution in [0, 0.1) is 35.4 Å². The number of esters is 1. The molecule has 11 heteroatoms. The zero-order valence-electron chi connectivity index (χ0n) is 21.1. The highest BCUT2D eigenvalue weighted by atomic mass is 35.5. The van der Waals surface area contributed by atoms with Gasteiger partial charge in [-0.25, -0.2) is 9.18 Å². The predicted octanol–water partition coefficient (Wildman–Crippen LogP) is 4.67. The summed E-state index contributed by atoms with van der Waals surface area (Å²) >= 11 is 6.20. The van der Waals surface area contributed by atoms with Crippen molar-refractivity contribution in [3.05, 3.63) is 121 Å². The molecule has 0 aliphatic heterocycles. The topological polar surface area (TPSA) is 144 Å². The van der Waals surface area contributed by atoms with Crippen LogP contribution >= 0.6 is 11.6 Å². The Morgan fingerprint density at radius 2 is 1.77 bits per heavy atom. The van der Waals surface area contributed by atoms with Crippen LogP contribution in [0.25, 0.3) is 0 Å². The second-order valence-electron chi connectivity index (χ2n) is 8.70. The third-order valence-corrected chi connectivity index (χ3v) is 6.13. The van der Waals surface area contributed by atoms with Crippen molar-refractivity contribution in [3.8, 4) is 23.6 Å². The summed E-state index contributed by atoms with van der Waals surface area (Å²) in [5, 5.41) is 22.6. The Bertz CT molecular complexity index is 1700. The number of carbonyl (C=O) groups excluding carboxylic acids is 1. The van der Waals surface area contributed by atoms with Gasteiger partial charge >= 0.3 is 5.97 Å². The lowest BCUT2D eigenvalue weighted by Gasteiger charge is -2.14. The fraction of sp³-hybridized carbons (Fsp3) is 0.138. The Kier molecular flexibility index (Phi) is 8.55. The number of hydrogen-bond acceptors (Lipinski definition) is 8. The maximum Gasteiger partial charge on any atom is 0.329 e. The molecule has 0 aliphatic rings. The van der Waals surface area contributed by atoms with Crippen LogP contribution in [0.2, 0.25) is 5.02 Å². The SMILES string of the molecule is Cc1cc(Cc2ccc(Cl)c(Oc3cc(C#N)cc(C#N)c3)c2F)nn(COC(=O)[C@H](N)c2ccccc2)c1=O. The average molecular weight is 558 g/mol. The van der Waals surface area contributed by atoms with Gasteiger partial charge in [0.2, 0.25) is 0 Å². The highest BCUT2D eigenvalue weighted by Gasteiger charge is 2.20. The van der Waals surface area contributed by atoms with Crippen molar-refractivity contribution in [2.24, 2.45) is 5.73 Å². The van der Waals surface area contributed by atoms with Crippen LogP contribution in [-0.4, -0.2) is 15.7 Å². The average Bonchev–Trinajstić information content (AvgIpc) is 2.97. The fourth-order valence-corrected chi connectivity index (χ4v) is 4.02. The molecule has 1 atom stereocenters. The van der Waals surface area contributed by atoms with E-state index in [1.165, 1.54) is 36.4 Å². The number of nitrogens with two attached hydrogens (primary N) is 1. The molecule has 0 saturated carbocycles. The minimum Gasteiger partial charge on any atom is -0.453 e. The molecule has 1 aromatic heterocycles. The van der Waals surface area contributed by atoms with Crippen molar-refractivity contribution in [1.29, 1.82) is 10.5 Å². The van der Waals surface area contributed by atoms with Gasteiger partial charge in [-0.1, -0.05) is 48.0 Å². The lowest BCUT2D eigenvalue weighted by Crippen LogP contribution is -2.31. The van der Waals surface area contributed by atoms with Crippen LogP contribution in [0.3, 0.4) is 0 Å². The first-order chi connectivity index (χ1) is 19.2. The van der Waals surface area contributed by atoms with E-state index in [0.29, 0.717) is 16.8 Å². The second-order valence-corrected chi connectivity index (χ2v) is 9.11. The molecule has 3 aromatic carbocycles. The van der Waals surface area contributed by atoms with Crippen LogP contribution in [0.4, 0.5) is 4.39 Å². The quantitative estimate of drug-likeness (QED) is 0.308. The normalized spacial score (nSPS) is 11.2. The molecule has 0 radical (unpaired) electrons. The Morgan fingerprint density at radius 1 is 1.10 bits per heavy atom. The van der Waals surface area contributed by atoms with Gasteiger partial charge in [0.15, 0.2) is 18.3 Å². The number of carbonyl (C=O) groups is 1. The van der Waals surface area contributed by atoms with Crippen LogP contribution in [0.15, 0.2) is 71.5 Å². The number of ether oxygens (including phenoxy) is 2. The van der Waals surface area contributed by atoms with E-state index in [9.17, 15) is 20.1 Å². The van der Waals surface area contributed by atoms with Gasteiger partial charge in [0.1, 0.15) is 11.8 Å². The van der Waals surface area contributed by atoms with Crippen molar-refractivity contribution in [1.82, 2.24) is 9.78 Å². The standard InChI is InChI=1S/C29H21ClFN5O4/c1-17-9-22(35-36(28(17)37)16-39-29(38)26(34)20-5-3-2-4-6-20)13-21-7-8-24(30)27(25(21)31)40-23-11-18(14-32)10-19(12-23)15-33/h2-12,26H,13,16,34H2,1H3/t26-/m1/s1. The van der Waals surface area contributed by atoms with E-state index < -0.39 is 30.1 Å². The number of nitriles is 2. The zero-order chi connectivity index (χ0) is 28.8. The first-order valence-electron chi connectivity index (χ1n) is 11.8. The predicted molar refractivity (Wildman–Crippen MR) is 143 cm³/mol. The molecule has 0 fully saturated rings. The number of nitrogens with zero attached hydrogens (tertiary/aromatic N) is 4. The smallest absolute Gasteiger partial charge is 0.329 e. The van der Waals surface area contributed by atoms with Crippen LogP contribution < -0.4 is 16.0 Å². The molecule has 0 unspecified atom stereocenters. The van der Waals surface area contributed by atoms with E-state index in [2.05, 4.69) is 5.10 Å². The molecule has 9 nitrogen and oxygen atoms in total. The van der Waals surface area contributed by atoms with E-state index >= 15 is 4.39 Å². The third kappa shape index (κ3) is 6.33. The maximum absolute atomic E-state index is 15.5. The number of aryl methyl sites for hydroxylation is 1. The zero-order valence-corrected chi connectivity index (χ0v) is 21.9. The summed E-state index contributed by atoms with van der Waals surface area (Å²) in [5.41, 5.74) is 7.10. The summed E-state index contributed by atoms with van der Waals surface area (Å²) in [6.07, 6.45) is -0.0559. The van der Waals surface area contributed by atoms with Gasteiger partial charge in [0.05, 0.1) is 34.0 Å². The van der Waals surface area contributed by atoms with Gasteiger partial charge in [-0.2, -0.15) is 20.3 Å². The van der Waals surface area contributed by atoms with E-state index in [-0.39, 0.29) is 39.6 Å². The molecule has 2 N–H and O–H groups in total. The van der Waals surface area contributed by atoms with Crippen LogP contribution in [0.5, 0.6) is 11.5 Å². The van der Waals surface area contributed by atoms with Crippen molar-refractivity contribution >= 4 is 17.6 Å². The summed E-state index contributed by atoms with van der Waals surface area (Å²) in [5.74, 6) is -1.77. The largest absolute Gasteiger partial charge is 0.453 e. The Labute approximate surface area is 233 Å². The summed E-state index contributed by atoms with van der Waals surface area (Å²) in [6.45, 7) is 1.07. The number of hydrogen-bond donors (Lipinski definition) is 1. The molecule has 4 aromatic rings. The van der Waals surface area contributed by atoms with E-state index in [1.807, 2.05) is 12.1 Å². The monoisotopic (exact) mass is 557 g/mol. The molecule has 0 amide bonds. The molecular weight excluding hydrogens is 537 g/mol. The van der Waals surface area contributed by atoms with E-state index in [0.717, 1.165) is 4.68 Å². The van der Waals surface area contributed by atoms with Gasteiger partial charge in [0, 0.05) is 12.0 Å². The minimum absolute atomic E-state index is 0.0297. The lowest BCUT2D eigenvalue weighted by atomic mass is 10.1. The molecular formula is C29H21ClFN5O4. The first kappa shape index (κ1) is 28.0. The van der Waals surface area contributed by atoms with E-state index in [4.69, 9.17) is 26.8 Å². The second kappa shape index (κ2) is 12.2. The molecule has 0 spiro atoms. The highest BCUT2D eigenvalue weighted by molar-refractivity contribution is 6.32. The minimum atomic E-state index is -1.04. The number of rotatable bonds is 8. The van der Waals surface area contributed by atoms with Gasteiger partial charge in [0.25, 0.3) is 5.56 Å². The third-order valence-electron chi connectivity index (χ3n) is 5.83. The van der Waals surface area contributed by atoms with Gasteiger partial charge in [-0.05, 0) is 48.4 Å². The summed E-state index contributed by atoms with van der Waals surface area (Å²) in [4.78, 5) is 25.1. The van der Waals surface area contributed by atoms with Gasteiger partial charge in [-0.3, -0.25) is 4.79 Å². The fourth-order valence-electron chi connectivity index (χ4n) is 3.83. The summed E-state index contributed by atoms with van der Waals surface area (Å²) in [7, 11) is 0. The lowest BCUT2D eigenvalue weighted by molar-refractivity contribution is -0.149. The number of halogens is 2. The number of aromatic nitrogens is 2. The van der Waals surface area contributed by atoms with Gasteiger partial charge in [-0.15, -0.1) is 0 Å². The summed E-state index contributed by atoms with van der Waals surface area (Å²) in [6, 6.07) is 19.9. The Balaban J connectivity index is 1.56. The molecule has 1 heterocycles. The van der Waals surface area contributed by atoms with Crippen LogP contribution in [-0.2, 0) is 22.7 Å². The van der Waals surface area contributed by atoms with Crippen molar-refractivity contribution < 1.29 is 18.7 Å². The van der Waals surface area contributed by atoms with Crippen molar-refractivity contribution in [3.63, 3.8) is 0 Å². The molecule has 200 valence electrons. The molecule has 40 heavy (non-hydrogen) atoms. The molecule has 0 saturated heterocycles. The Hall–Kier alpha value is -5.03. The van der Waals surface area contributed by atoms with Crippen molar-refractivity contribution in [2.75, 3.05) is 0 Å². The van der Waals surface area contributed by atoms with E-state index in [1.54, 1.807) is 37.3 Å². The molecule has 0 aliphatic carbocycles. The molecule has 4 rings (SSSR count). The molecule has 0 bridgehead atoms.